The molecule has 0 spiro atoms. The maximum Gasteiger partial charge on any atom is 0.306 e. The quantitative estimate of drug-likeness (QED) is 0.872. The van der Waals surface area contributed by atoms with Crippen LogP contribution in [0.5, 0.6) is 5.75 Å². The topological polar surface area (TPSA) is 75.6 Å². The molecule has 120 valence electrons. The lowest BCUT2D eigenvalue weighted by Gasteiger charge is -2.26. The third-order valence-electron chi connectivity index (χ3n) is 4.03. The monoisotopic (exact) mass is 325 g/mol. The van der Waals surface area contributed by atoms with E-state index in [0.717, 1.165) is 5.56 Å². The van der Waals surface area contributed by atoms with Crippen LogP contribution in [0, 0.1) is 5.92 Å². The first-order chi connectivity index (χ1) is 10.5. The molecular weight excluding hydrogens is 306 g/mol. The molecule has 6 heteroatoms. The van der Waals surface area contributed by atoms with Crippen molar-refractivity contribution in [3.8, 4) is 5.75 Å². The van der Waals surface area contributed by atoms with E-state index >= 15 is 0 Å². The molecule has 0 aromatic heterocycles. The van der Waals surface area contributed by atoms with Gasteiger partial charge in [0.05, 0.1) is 19.4 Å². The lowest BCUT2D eigenvalue weighted by atomic mass is 9.86. The van der Waals surface area contributed by atoms with E-state index in [0.29, 0.717) is 36.5 Å². The van der Waals surface area contributed by atoms with Crippen molar-refractivity contribution < 1.29 is 19.4 Å². The van der Waals surface area contributed by atoms with Crippen molar-refractivity contribution in [3.05, 3.63) is 28.8 Å². The largest absolute Gasteiger partial charge is 0.496 e. The van der Waals surface area contributed by atoms with Crippen LogP contribution in [0.15, 0.2) is 18.2 Å². The highest BCUT2D eigenvalue weighted by Gasteiger charge is 2.26. The third-order valence-corrected chi connectivity index (χ3v) is 4.27. The summed E-state index contributed by atoms with van der Waals surface area (Å²) in [4.78, 5) is 23.1. The molecule has 0 saturated heterocycles. The summed E-state index contributed by atoms with van der Waals surface area (Å²) in [6.07, 6.45) is 2.83. The highest BCUT2D eigenvalue weighted by Crippen LogP contribution is 2.25. The average molecular weight is 326 g/mol. The molecule has 1 saturated carbocycles. The Morgan fingerprint density at radius 3 is 2.59 bits per heavy atom. The maximum atomic E-state index is 12.1. The Hall–Kier alpha value is -1.75. The Morgan fingerprint density at radius 1 is 1.32 bits per heavy atom. The van der Waals surface area contributed by atoms with Crippen molar-refractivity contribution in [1.29, 1.82) is 0 Å². The van der Waals surface area contributed by atoms with Gasteiger partial charge in [-0.25, -0.2) is 0 Å². The van der Waals surface area contributed by atoms with Gasteiger partial charge >= 0.3 is 5.97 Å². The first-order valence-corrected chi connectivity index (χ1v) is 7.72. The first-order valence-electron chi connectivity index (χ1n) is 7.34. The van der Waals surface area contributed by atoms with Crippen molar-refractivity contribution in [2.75, 3.05) is 7.11 Å². The van der Waals surface area contributed by atoms with Gasteiger partial charge in [0.2, 0.25) is 5.91 Å². The minimum Gasteiger partial charge on any atom is -0.496 e. The van der Waals surface area contributed by atoms with Gasteiger partial charge in [0.1, 0.15) is 5.75 Å². The van der Waals surface area contributed by atoms with Crippen LogP contribution in [-0.2, 0) is 16.0 Å². The number of ether oxygens (including phenoxy) is 1. The molecule has 0 radical (unpaired) electrons. The number of nitrogens with one attached hydrogen (secondary N) is 1. The van der Waals surface area contributed by atoms with Gasteiger partial charge in [0.25, 0.3) is 0 Å². The minimum absolute atomic E-state index is 0.0493. The van der Waals surface area contributed by atoms with E-state index in [9.17, 15) is 9.59 Å². The van der Waals surface area contributed by atoms with Gasteiger partial charge in [-0.1, -0.05) is 11.6 Å². The molecule has 1 aliphatic rings. The van der Waals surface area contributed by atoms with Crippen LogP contribution in [-0.4, -0.2) is 30.1 Å². The number of hydrogen-bond donors (Lipinski definition) is 2. The van der Waals surface area contributed by atoms with Gasteiger partial charge in [-0.2, -0.15) is 0 Å². The fraction of sp³-hybridized carbons (Fsp3) is 0.500. The van der Waals surface area contributed by atoms with E-state index in [4.69, 9.17) is 21.4 Å². The van der Waals surface area contributed by atoms with Crippen LogP contribution in [0.2, 0.25) is 5.02 Å². The molecule has 0 bridgehead atoms. The first kappa shape index (κ1) is 16.6. The smallest absolute Gasteiger partial charge is 0.306 e. The summed E-state index contributed by atoms with van der Waals surface area (Å²) < 4.78 is 5.23. The lowest BCUT2D eigenvalue weighted by molar-refractivity contribution is -0.142. The number of carboxylic acid groups (broad SMARTS) is 1. The second-order valence-electron chi connectivity index (χ2n) is 5.59. The summed E-state index contributed by atoms with van der Waals surface area (Å²) in [5.41, 5.74) is 0.742. The Kier molecular flexibility index (Phi) is 5.66. The number of methoxy groups -OCH3 is 1. The highest BCUT2D eigenvalue weighted by molar-refractivity contribution is 6.30. The molecular formula is C16H20ClNO4. The predicted molar refractivity (Wildman–Crippen MR) is 83.2 cm³/mol. The number of aliphatic carboxylic acids is 1. The zero-order chi connectivity index (χ0) is 16.1. The van der Waals surface area contributed by atoms with Crippen LogP contribution in [0.1, 0.15) is 31.2 Å². The summed E-state index contributed by atoms with van der Waals surface area (Å²) >= 11 is 5.95. The van der Waals surface area contributed by atoms with Crippen molar-refractivity contribution >= 4 is 23.5 Å². The summed E-state index contributed by atoms with van der Waals surface area (Å²) in [6.45, 7) is 0. The molecule has 0 atom stereocenters. The maximum absolute atomic E-state index is 12.1. The van der Waals surface area contributed by atoms with E-state index in [-0.39, 0.29) is 24.3 Å². The van der Waals surface area contributed by atoms with Crippen molar-refractivity contribution in [2.45, 2.75) is 38.1 Å². The number of carbonyl (C=O) groups is 2. The number of benzene rings is 1. The van der Waals surface area contributed by atoms with Crippen molar-refractivity contribution in [2.24, 2.45) is 5.92 Å². The number of halogens is 1. The molecule has 0 unspecified atom stereocenters. The zero-order valence-electron chi connectivity index (χ0n) is 12.5. The van der Waals surface area contributed by atoms with Crippen LogP contribution < -0.4 is 10.1 Å². The molecule has 1 fully saturated rings. The summed E-state index contributed by atoms with van der Waals surface area (Å²) in [5.74, 6) is -0.483. The van der Waals surface area contributed by atoms with Crippen molar-refractivity contribution in [3.63, 3.8) is 0 Å². The van der Waals surface area contributed by atoms with Gasteiger partial charge in [-0.15, -0.1) is 0 Å². The van der Waals surface area contributed by atoms with Crippen LogP contribution >= 0.6 is 11.6 Å². The van der Waals surface area contributed by atoms with Crippen LogP contribution in [0.3, 0.4) is 0 Å². The zero-order valence-corrected chi connectivity index (χ0v) is 13.2. The van der Waals surface area contributed by atoms with E-state index in [2.05, 4.69) is 5.32 Å². The average Bonchev–Trinajstić information content (AvgIpc) is 2.48. The highest BCUT2D eigenvalue weighted by atomic mass is 35.5. The van der Waals surface area contributed by atoms with E-state index < -0.39 is 5.97 Å². The van der Waals surface area contributed by atoms with Gasteiger partial charge in [0.15, 0.2) is 0 Å². The standard InChI is InChI=1S/C16H20ClNO4/c1-22-14-7-4-12(17)8-11(14)9-15(19)18-13-5-2-10(3-6-13)16(20)21/h4,7-8,10,13H,2-3,5-6,9H2,1H3,(H,18,19)(H,20,21). The fourth-order valence-corrected chi connectivity index (χ4v) is 3.02. The molecule has 2 N–H and O–H groups in total. The second-order valence-corrected chi connectivity index (χ2v) is 6.02. The molecule has 1 aliphatic carbocycles. The van der Waals surface area contributed by atoms with Crippen LogP contribution in [0.25, 0.3) is 0 Å². The predicted octanol–water partition coefficient (Wildman–Crippen LogP) is 2.65. The molecule has 5 nitrogen and oxygen atoms in total. The van der Waals surface area contributed by atoms with Gasteiger partial charge < -0.3 is 15.2 Å². The number of hydrogen-bond acceptors (Lipinski definition) is 3. The molecule has 0 heterocycles. The van der Waals surface area contributed by atoms with E-state index in [1.54, 1.807) is 25.3 Å². The van der Waals surface area contributed by atoms with Gasteiger partial charge in [0, 0.05) is 16.6 Å². The number of carboxylic acids is 1. The summed E-state index contributed by atoms with van der Waals surface area (Å²) in [5, 5.41) is 12.5. The van der Waals surface area contributed by atoms with E-state index in [1.165, 1.54) is 0 Å². The molecule has 22 heavy (non-hydrogen) atoms. The number of rotatable bonds is 5. The molecule has 1 aromatic rings. The Labute approximate surface area is 134 Å². The summed E-state index contributed by atoms with van der Waals surface area (Å²) in [6, 6.07) is 5.23. The Morgan fingerprint density at radius 2 is 2.00 bits per heavy atom. The van der Waals surface area contributed by atoms with E-state index in [1.807, 2.05) is 0 Å². The molecule has 2 rings (SSSR count). The second kappa shape index (κ2) is 7.49. The number of carbonyl (C=O) groups excluding carboxylic acids is 1. The lowest BCUT2D eigenvalue weighted by Crippen LogP contribution is -2.39. The summed E-state index contributed by atoms with van der Waals surface area (Å²) in [7, 11) is 1.55. The molecule has 1 aromatic carbocycles. The third kappa shape index (κ3) is 4.37. The SMILES string of the molecule is COc1ccc(Cl)cc1CC(=O)NC1CCC(C(=O)O)CC1. The Balaban J connectivity index is 1.89. The Bertz CT molecular complexity index is 553. The fourth-order valence-electron chi connectivity index (χ4n) is 2.82. The van der Waals surface area contributed by atoms with Crippen LogP contribution in [0.4, 0.5) is 0 Å². The minimum atomic E-state index is -0.742. The molecule has 1 amide bonds. The normalized spacial score (nSPS) is 21.2. The van der Waals surface area contributed by atoms with Crippen molar-refractivity contribution in [1.82, 2.24) is 5.32 Å². The van der Waals surface area contributed by atoms with Gasteiger partial charge in [-0.05, 0) is 43.9 Å². The number of amides is 1. The molecule has 0 aliphatic heterocycles. The van der Waals surface area contributed by atoms with Gasteiger partial charge in [-0.3, -0.25) is 9.59 Å².